The first-order chi connectivity index (χ1) is 13.0. The highest BCUT2D eigenvalue weighted by Crippen LogP contribution is 2.18. The number of nitrogens with one attached hydrogen (secondary N) is 1. The summed E-state index contributed by atoms with van der Waals surface area (Å²) >= 11 is 0. The molecule has 2 aromatic rings. The standard InChI is InChI=1S/C20H23NO6/c22-17(12-21-20(26)27-13-15-4-2-1-3-5-15)19(25)16-9-6-14(7-10-16)8-11-18(23)24/h1-7,9-10,17,19,22,25H,8,11-13H2,(H,21,26)(H,23,24). The first kappa shape index (κ1) is 20.4. The largest absolute Gasteiger partial charge is 0.481 e. The molecule has 2 unspecified atom stereocenters. The smallest absolute Gasteiger partial charge is 0.407 e. The number of rotatable bonds is 9. The van der Waals surface area contributed by atoms with Gasteiger partial charge in [0.2, 0.25) is 0 Å². The predicted molar refractivity (Wildman–Crippen MR) is 98.0 cm³/mol. The average Bonchev–Trinajstić information content (AvgIpc) is 2.69. The van der Waals surface area contributed by atoms with E-state index in [0.29, 0.717) is 12.0 Å². The number of benzene rings is 2. The van der Waals surface area contributed by atoms with Crippen LogP contribution < -0.4 is 5.32 Å². The summed E-state index contributed by atoms with van der Waals surface area (Å²) in [6, 6.07) is 15.8. The molecule has 2 rings (SSSR count). The zero-order valence-electron chi connectivity index (χ0n) is 14.7. The van der Waals surface area contributed by atoms with E-state index in [9.17, 15) is 19.8 Å². The fraction of sp³-hybridized carbons (Fsp3) is 0.300. The predicted octanol–water partition coefficient (Wildman–Crippen LogP) is 2.02. The maximum absolute atomic E-state index is 11.7. The number of carboxylic acid groups (broad SMARTS) is 1. The van der Waals surface area contributed by atoms with Gasteiger partial charge >= 0.3 is 12.1 Å². The third kappa shape index (κ3) is 7.08. The van der Waals surface area contributed by atoms with E-state index in [4.69, 9.17) is 9.84 Å². The lowest BCUT2D eigenvalue weighted by molar-refractivity contribution is -0.136. The van der Waals surface area contributed by atoms with E-state index >= 15 is 0 Å². The molecule has 0 aliphatic heterocycles. The Kier molecular flexibility index (Phi) is 7.79. The van der Waals surface area contributed by atoms with Crippen LogP contribution >= 0.6 is 0 Å². The molecule has 0 bridgehead atoms. The number of aliphatic hydroxyl groups is 2. The molecule has 0 aliphatic carbocycles. The molecule has 0 fully saturated rings. The highest BCUT2D eigenvalue weighted by atomic mass is 16.5. The normalized spacial score (nSPS) is 12.8. The van der Waals surface area contributed by atoms with Gasteiger partial charge in [-0.15, -0.1) is 0 Å². The monoisotopic (exact) mass is 373 g/mol. The van der Waals surface area contributed by atoms with Gasteiger partial charge in [0.25, 0.3) is 0 Å². The summed E-state index contributed by atoms with van der Waals surface area (Å²) in [5.41, 5.74) is 2.14. The van der Waals surface area contributed by atoms with Crippen LogP contribution in [0.2, 0.25) is 0 Å². The molecule has 0 radical (unpaired) electrons. The minimum Gasteiger partial charge on any atom is -0.481 e. The van der Waals surface area contributed by atoms with Crippen molar-refractivity contribution in [2.24, 2.45) is 0 Å². The van der Waals surface area contributed by atoms with E-state index < -0.39 is 24.3 Å². The second-order valence-corrected chi connectivity index (χ2v) is 6.09. The SMILES string of the molecule is O=C(O)CCc1ccc(C(O)C(O)CNC(=O)OCc2ccccc2)cc1. The van der Waals surface area contributed by atoms with Gasteiger partial charge in [-0.2, -0.15) is 0 Å². The van der Waals surface area contributed by atoms with Crippen LogP contribution in [0.4, 0.5) is 4.79 Å². The van der Waals surface area contributed by atoms with Crippen LogP contribution in [-0.2, 0) is 22.6 Å². The van der Waals surface area contributed by atoms with Crippen LogP contribution in [0.5, 0.6) is 0 Å². The molecule has 2 atom stereocenters. The van der Waals surface area contributed by atoms with Crippen molar-refractivity contribution in [1.29, 1.82) is 0 Å². The fourth-order valence-corrected chi connectivity index (χ4v) is 2.43. The number of carboxylic acids is 1. The van der Waals surface area contributed by atoms with Gasteiger partial charge in [0.1, 0.15) is 18.8 Å². The summed E-state index contributed by atoms with van der Waals surface area (Å²) in [6.45, 7) is -0.0569. The molecule has 0 saturated carbocycles. The van der Waals surface area contributed by atoms with Gasteiger partial charge in [0.05, 0.1) is 0 Å². The highest BCUT2D eigenvalue weighted by Gasteiger charge is 2.19. The van der Waals surface area contributed by atoms with E-state index in [2.05, 4.69) is 5.32 Å². The lowest BCUT2D eigenvalue weighted by Crippen LogP contribution is -2.35. The van der Waals surface area contributed by atoms with Crippen molar-refractivity contribution < 1.29 is 29.6 Å². The Labute approximate surface area is 157 Å². The topological polar surface area (TPSA) is 116 Å². The lowest BCUT2D eigenvalue weighted by atomic mass is 10.0. The molecule has 0 spiro atoms. The number of aliphatic hydroxyl groups excluding tert-OH is 2. The maximum Gasteiger partial charge on any atom is 0.407 e. The van der Waals surface area contributed by atoms with Crippen molar-refractivity contribution in [3.8, 4) is 0 Å². The van der Waals surface area contributed by atoms with Gasteiger partial charge in [0, 0.05) is 13.0 Å². The minimum atomic E-state index is -1.21. The fourth-order valence-electron chi connectivity index (χ4n) is 2.43. The molecule has 2 aromatic carbocycles. The molecule has 0 aliphatic rings. The quantitative estimate of drug-likeness (QED) is 0.534. The van der Waals surface area contributed by atoms with Crippen LogP contribution in [0, 0.1) is 0 Å². The van der Waals surface area contributed by atoms with Crippen LogP contribution in [-0.4, -0.2) is 40.0 Å². The Balaban J connectivity index is 1.76. The van der Waals surface area contributed by atoms with Gasteiger partial charge in [-0.25, -0.2) is 4.79 Å². The van der Waals surface area contributed by atoms with Crippen molar-refractivity contribution in [1.82, 2.24) is 5.32 Å². The maximum atomic E-state index is 11.7. The second-order valence-electron chi connectivity index (χ2n) is 6.09. The van der Waals surface area contributed by atoms with Gasteiger partial charge in [-0.1, -0.05) is 54.6 Å². The summed E-state index contributed by atoms with van der Waals surface area (Å²) < 4.78 is 5.04. The van der Waals surface area contributed by atoms with Crippen LogP contribution in [0.1, 0.15) is 29.2 Å². The molecule has 0 aromatic heterocycles. The second kappa shape index (κ2) is 10.3. The number of carbonyl (C=O) groups excluding carboxylic acids is 1. The van der Waals surface area contributed by atoms with E-state index in [1.54, 1.807) is 24.3 Å². The summed E-state index contributed by atoms with van der Waals surface area (Å²) in [7, 11) is 0. The number of ether oxygens (including phenoxy) is 1. The molecule has 27 heavy (non-hydrogen) atoms. The molecule has 4 N–H and O–H groups in total. The van der Waals surface area contributed by atoms with Gasteiger partial charge < -0.3 is 25.4 Å². The third-order valence-electron chi connectivity index (χ3n) is 3.98. The van der Waals surface area contributed by atoms with E-state index in [-0.39, 0.29) is 19.6 Å². The van der Waals surface area contributed by atoms with Crippen molar-refractivity contribution in [3.05, 3.63) is 71.3 Å². The number of hydrogen-bond donors (Lipinski definition) is 4. The molecule has 0 saturated heterocycles. The summed E-state index contributed by atoms with van der Waals surface area (Å²) in [5.74, 6) is -0.875. The number of aliphatic carboxylic acids is 1. The van der Waals surface area contributed by atoms with Crippen molar-refractivity contribution >= 4 is 12.1 Å². The van der Waals surface area contributed by atoms with Crippen molar-refractivity contribution in [2.75, 3.05) is 6.54 Å². The number of amides is 1. The van der Waals surface area contributed by atoms with Crippen molar-refractivity contribution in [2.45, 2.75) is 31.7 Å². The molecular formula is C20H23NO6. The Morgan fingerprint density at radius 2 is 1.63 bits per heavy atom. The Bertz CT molecular complexity index is 732. The Morgan fingerprint density at radius 1 is 0.963 bits per heavy atom. The van der Waals surface area contributed by atoms with Crippen LogP contribution in [0.25, 0.3) is 0 Å². The number of hydrogen-bond acceptors (Lipinski definition) is 5. The molecule has 1 amide bonds. The minimum absolute atomic E-state index is 0.0273. The molecular weight excluding hydrogens is 350 g/mol. The van der Waals surface area contributed by atoms with Crippen LogP contribution in [0.3, 0.4) is 0 Å². The van der Waals surface area contributed by atoms with Gasteiger partial charge in [0.15, 0.2) is 0 Å². The van der Waals surface area contributed by atoms with E-state index in [1.165, 1.54) is 0 Å². The summed E-state index contributed by atoms with van der Waals surface area (Å²) in [6.07, 6.45) is -2.66. The zero-order chi connectivity index (χ0) is 19.6. The number of alkyl carbamates (subject to hydrolysis) is 1. The Hall–Kier alpha value is -2.90. The van der Waals surface area contributed by atoms with Gasteiger partial charge in [-0.05, 0) is 23.1 Å². The average molecular weight is 373 g/mol. The third-order valence-corrected chi connectivity index (χ3v) is 3.98. The summed E-state index contributed by atoms with van der Waals surface area (Å²) in [4.78, 5) is 22.3. The lowest BCUT2D eigenvalue weighted by Gasteiger charge is -2.19. The van der Waals surface area contributed by atoms with Gasteiger partial charge in [-0.3, -0.25) is 4.79 Å². The zero-order valence-corrected chi connectivity index (χ0v) is 14.7. The molecule has 0 heterocycles. The molecule has 7 nitrogen and oxygen atoms in total. The first-order valence-electron chi connectivity index (χ1n) is 8.57. The highest BCUT2D eigenvalue weighted by molar-refractivity contribution is 5.67. The summed E-state index contributed by atoms with van der Waals surface area (Å²) in [5, 5.41) is 31.3. The number of carbonyl (C=O) groups is 2. The van der Waals surface area contributed by atoms with Crippen molar-refractivity contribution in [3.63, 3.8) is 0 Å². The first-order valence-corrected chi connectivity index (χ1v) is 8.57. The van der Waals surface area contributed by atoms with E-state index in [0.717, 1.165) is 11.1 Å². The van der Waals surface area contributed by atoms with Crippen LogP contribution in [0.15, 0.2) is 54.6 Å². The Morgan fingerprint density at radius 3 is 2.26 bits per heavy atom. The molecule has 7 heteroatoms. The number of aryl methyl sites for hydroxylation is 1. The molecule has 144 valence electrons. The van der Waals surface area contributed by atoms with E-state index in [1.807, 2.05) is 30.3 Å².